The van der Waals surface area contributed by atoms with E-state index < -0.39 is 15.8 Å². The number of carboxylic acid groups (broad SMARTS) is 1. The summed E-state index contributed by atoms with van der Waals surface area (Å²) in [4.78, 5) is 21.2. The molecule has 1 saturated carbocycles. The van der Waals surface area contributed by atoms with Crippen LogP contribution in [0.2, 0.25) is 0 Å². The lowest BCUT2D eigenvalue weighted by molar-refractivity contribution is -0.144. The van der Waals surface area contributed by atoms with Crippen LogP contribution in [0.25, 0.3) is 11.3 Å². The fourth-order valence-electron chi connectivity index (χ4n) is 6.70. The van der Waals surface area contributed by atoms with Crippen molar-refractivity contribution in [3.05, 3.63) is 64.0 Å². The largest absolute Gasteiger partial charge is 0.488 e. The maximum Gasteiger partial charge on any atom is 0.307 e. The predicted molar refractivity (Wildman–Crippen MR) is 161 cm³/mol. The summed E-state index contributed by atoms with van der Waals surface area (Å²) in [6, 6.07) is 12.5. The summed E-state index contributed by atoms with van der Waals surface area (Å²) in [5.41, 5.74) is 6.33. The van der Waals surface area contributed by atoms with Crippen LogP contribution in [0.4, 0.5) is 5.13 Å². The number of hydrogen-bond donors (Lipinski definition) is 1. The number of aromatic nitrogens is 1. The summed E-state index contributed by atoms with van der Waals surface area (Å²) in [7, 11) is -2.88. The third kappa shape index (κ3) is 6.01. The molecule has 3 heterocycles. The van der Waals surface area contributed by atoms with Crippen LogP contribution < -0.4 is 9.64 Å². The highest BCUT2D eigenvalue weighted by molar-refractivity contribution is 7.91. The number of fused-ring (bicyclic) bond motifs is 2. The van der Waals surface area contributed by atoms with Crippen LogP contribution in [-0.2, 0) is 27.8 Å². The lowest BCUT2D eigenvalue weighted by Crippen LogP contribution is -2.44. The van der Waals surface area contributed by atoms with Crippen molar-refractivity contribution in [1.29, 1.82) is 0 Å². The van der Waals surface area contributed by atoms with Gasteiger partial charge in [0.15, 0.2) is 15.0 Å². The first-order chi connectivity index (χ1) is 19.7. The number of anilines is 1. The summed E-state index contributed by atoms with van der Waals surface area (Å²) < 4.78 is 29.9. The zero-order chi connectivity index (χ0) is 28.7. The number of carbonyl (C=O) groups is 1. The van der Waals surface area contributed by atoms with E-state index in [1.54, 1.807) is 11.3 Å². The lowest BCUT2D eigenvalue weighted by Gasteiger charge is -2.35. The fraction of sp³-hybridized carbons (Fsp3) is 0.484. The third-order valence-corrected chi connectivity index (χ3v) is 11.5. The number of aliphatic carboxylic acids is 1. The van der Waals surface area contributed by atoms with E-state index in [0.29, 0.717) is 19.7 Å². The number of ether oxygens (including phenoxy) is 1. The molecule has 3 atom stereocenters. The summed E-state index contributed by atoms with van der Waals surface area (Å²) in [5.74, 6) is 0.825. The van der Waals surface area contributed by atoms with Crippen LogP contribution in [0.3, 0.4) is 0 Å². The number of benzene rings is 2. The molecule has 3 aliphatic rings. The highest BCUT2D eigenvalue weighted by Crippen LogP contribution is 2.44. The summed E-state index contributed by atoms with van der Waals surface area (Å²) >= 11 is 1.61. The molecule has 218 valence electrons. The molecule has 1 unspecified atom stereocenters. The Hall–Kier alpha value is -2.95. The van der Waals surface area contributed by atoms with Crippen molar-refractivity contribution < 1.29 is 23.1 Å². The molecule has 41 heavy (non-hydrogen) atoms. The first-order valence-electron chi connectivity index (χ1n) is 14.3. The number of rotatable bonds is 8. The fourth-order valence-corrected chi connectivity index (χ4v) is 8.82. The smallest absolute Gasteiger partial charge is 0.307 e. The van der Waals surface area contributed by atoms with Crippen LogP contribution in [0.1, 0.15) is 35.1 Å². The number of hydrogen-bond acceptors (Lipinski definition) is 8. The standard InChI is InChI=1S/C31H37N3O5S2/c1-20-4-3-5-26(27-19-40-31(32-27)34-16-23-8-9-24(17-34)28(23)30(35)36)29(20)39-18-25-7-6-22(14-21(25)2)15-33-10-12-41(37,38)13-11-33/h3-7,14,19,23-24,28H,8-13,15-18H2,1-2H3,(H,35,36)/t23-,24?,28+/m0/s1. The maximum absolute atomic E-state index is 11.8. The van der Waals surface area contributed by atoms with Gasteiger partial charge in [-0.05, 0) is 66.8 Å². The van der Waals surface area contributed by atoms with Crippen molar-refractivity contribution >= 4 is 32.3 Å². The molecule has 3 fully saturated rings. The number of para-hydroxylation sites is 1. The van der Waals surface area contributed by atoms with Gasteiger partial charge < -0.3 is 14.7 Å². The number of nitrogens with zero attached hydrogens (tertiary/aromatic N) is 3. The van der Waals surface area contributed by atoms with Crippen molar-refractivity contribution in [1.82, 2.24) is 9.88 Å². The van der Waals surface area contributed by atoms with Gasteiger partial charge in [0.25, 0.3) is 0 Å². The second-order valence-electron chi connectivity index (χ2n) is 11.8. The van der Waals surface area contributed by atoms with E-state index in [-0.39, 0.29) is 29.3 Å². The molecular formula is C31H37N3O5S2. The number of aryl methyl sites for hydroxylation is 2. The molecule has 1 aromatic heterocycles. The molecule has 2 aliphatic heterocycles. The lowest BCUT2D eigenvalue weighted by atomic mass is 9.85. The second kappa shape index (κ2) is 11.4. The van der Waals surface area contributed by atoms with E-state index in [1.165, 1.54) is 5.56 Å². The molecule has 1 aliphatic carbocycles. The Balaban J connectivity index is 1.13. The van der Waals surface area contributed by atoms with Gasteiger partial charge in [-0.25, -0.2) is 13.4 Å². The van der Waals surface area contributed by atoms with E-state index in [4.69, 9.17) is 9.72 Å². The molecule has 2 saturated heterocycles. The van der Waals surface area contributed by atoms with Crippen molar-refractivity contribution in [2.24, 2.45) is 17.8 Å². The molecule has 0 amide bonds. The second-order valence-corrected chi connectivity index (χ2v) is 15.0. The molecule has 0 spiro atoms. The average molecular weight is 596 g/mol. The van der Waals surface area contributed by atoms with Gasteiger partial charge in [-0.3, -0.25) is 9.69 Å². The highest BCUT2D eigenvalue weighted by atomic mass is 32.2. The van der Waals surface area contributed by atoms with Crippen LogP contribution in [-0.4, -0.2) is 67.1 Å². The minimum Gasteiger partial charge on any atom is -0.488 e. The van der Waals surface area contributed by atoms with Crippen molar-refractivity contribution in [3.63, 3.8) is 0 Å². The first-order valence-corrected chi connectivity index (χ1v) is 17.0. The van der Waals surface area contributed by atoms with Crippen molar-refractivity contribution in [2.75, 3.05) is 42.6 Å². The van der Waals surface area contributed by atoms with Gasteiger partial charge in [-0.2, -0.15) is 0 Å². The van der Waals surface area contributed by atoms with E-state index in [1.807, 2.05) is 6.07 Å². The molecule has 2 aromatic carbocycles. The minimum absolute atomic E-state index is 0.196. The Morgan fingerprint density at radius 2 is 1.80 bits per heavy atom. The zero-order valence-electron chi connectivity index (χ0n) is 23.6. The minimum atomic E-state index is -2.88. The monoisotopic (exact) mass is 595 g/mol. The van der Waals surface area contributed by atoms with E-state index >= 15 is 0 Å². The number of carboxylic acids is 1. The van der Waals surface area contributed by atoms with E-state index in [2.05, 4.69) is 59.4 Å². The van der Waals surface area contributed by atoms with Gasteiger partial charge in [0.2, 0.25) is 0 Å². The van der Waals surface area contributed by atoms with Gasteiger partial charge >= 0.3 is 5.97 Å². The first kappa shape index (κ1) is 28.2. The van der Waals surface area contributed by atoms with Gasteiger partial charge in [0.05, 0.1) is 23.1 Å². The SMILES string of the molecule is Cc1cc(CN2CCS(=O)(=O)CC2)ccc1COc1c(C)cccc1-c1csc(N2CC3CC[C@@H](C2)[C@H]3C(=O)O)n1. The van der Waals surface area contributed by atoms with Crippen LogP contribution in [0.5, 0.6) is 5.75 Å². The molecule has 10 heteroatoms. The Labute approximate surface area is 245 Å². The summed E-state index contributed by atoms with van der Waals surface area (Å²) in [6.07, 6.45) is 1.96. The van der Waals surface area contributed by atoms with Gasteiger partial charge in [-0.1, -0.05) is 30.3 Å². The van der Waals surface area contributed by atoms with Crippen LogP contribution >= 0.6 is 11.3 Å². The van der Waals surface area contributed by atoms with Crippen LogP contribution in [0, 0.1) is 31.6 Å². The van der Waals surface area contributed by atoms with Crippen molar-refractivity contribution in [2.45, 2.75) is 39.8 Å². The molecule has 0 radical (unpaired) electrons. The predicted octanol–water partition coefficient (Wildman–Crippen LogP) is 4.78. The Kier molecular flexibility index (Phi) is 7.82. The van der Waals surface area contributed by atoms with Gasteiger partial charge in [-0.15, -0.1) is 11.3 Å². The normalized spacial score (nSPS) is 24.0. The van der Waals surface area contributed by atoms with Crippen LogP contribution in [0.15, 0.2) is 41.8 Å². The Bertz CT molecular complexity index is 1520. The topological polar surface area (TPSA) is 100 Å². The molecule has 8 nitrogen and oxygen atoms in total. The quantitative estimate of drug-likeness (QED) is 0.397. The Morgan fingerprint density at radius 1 is 1.07 bits per heavy atom. The molecular weight excluding hydrogens is 558 g/mol. The number of piperidine rings is 1. The zero-order valence-corrected chi connectivity index (χ0v) is 25.2. The van der Waals surface area contributed by atoms with Gasteiger partial charge in [0, 0.05) is 43.7 Å². The summed E-state index contributed by atoms with van der Waals surface area (Å²) in [5, 5.41) is 12.7. The molecule has 3 aromatic rings. The average Bonchev–Trinajstić information content (AvgIpc) is 3.53. The summed E-state index contributed by atoms with van der Waals surface area (Å²) in [6.45, 7) is 8.01. The molecule has 6 rings (SSSR count). The highest BCUT2D eigenvalue weighted by Gasteiger charge is 2.46. The molecule has 1 N–H and O–H groups in total. The number of sulfone groups is 1. The number of thiazole rings is 1. The molecule has 2 bridgehead atoms. The van der Waals surface area contributed by atoms with Crippen molar-refractivity contribution in [3.8, 4) is 17.0 Å². The maximum atomic E-state index is 11.8. The van der Waals surface area contributed by atoms with E-state index in [9.17, 15) is 18.3 Å². The van der Waals surface area contributed by atoms with E-state index in [0.717, 1.165) is 71.3 Å². The van der Waals surface area contributed by atoms with Gasteiger partial charge in [0.1, 0.15) is 12.4 Å². The third-order valence-electron chi connectivity index (χ3n) is 8.99. The Morgan fingerprint density at radius 3 is 2.49 bits per heavy atom.